The highest BCUT2D eigenvalue weighted by molar-refractivity contribution is 5.90. The fourth-order valence-electron chi connectivity index (χ4n) is 0.671. The number of hydrogen-bond acceptors (Lipinski definition) is 2. The first-order valence-electron chi connectivity index (χ1n) is 2.51. The molecular weight excluding hydrogens is 104 g/mol. The molecule has 1 heterocycles. The minimum Gasteiger partial charge on any atom is -0.464 e. The summed E-state index contributed by atoms with van der Waals surface area (Å²) < 4.78 is 0. The van der Waals surface area contributed by atoms with Gasteiger partial charge in [0.25, 0.3) is 0 Å². The molecule has 3 heteroatoms. The molecule has 0 spiro atoms. The summed E-state index contributed by atoms with van der Waals surface area (Å²) in [4.78, 5) is 15.4. The standard InChI is InChI=1S/C5H7N2O/c1-5-6-2-3-7(5)4-8/h2-3H2,1H3/q-1. The van der Waals surface area contributed by atoms with E-state index in [0.717, 1.165) is 12.4 Å². The zero-order valence-electron chi connectivity index (χ0n) is 4.72. The largest absolute Gasteiger partial charge is 0.464 e. The van der Waals surface area contributed by atoms with Crippen molar-refractivity contribution in [2.75, 3.05) is 13.1 Å². The normalized spacial score (nSPS) is 18.6. The maximum atomic E-state index is 9.94. The Balaban J connectivity index is 2.58. The van der Waals surface area contributed by atoms with Crippen LogP contribution in [0.1, 0.15) is 6.92 Å². The van der Waals surface area contributed by atoms with Crippen LogP contribution in [-0.4, -0.2) is 30.2 Å². The Morgan fingerprint density at radius 2 is 2.62 bits per heavy atom. The molecule has 0 saturated heterocycles. The molecule has 3 nitrogen and oxygen atoms in total. The Hall–Kier alpha value is -0.860. The molecule has 0 unspecified atom stereocenters. The molecule has 0 N–H and O–H groups in total. The fraction of sp³-hybridized carbons (Fsp3) is 0.600. The van der Waals surface area contributed by atoms with Crippen LogP contribution in [0.2, 0.25) is 0 Å². The molecule has 8 heavy (non-hydrogen) atoms. The second-order valence-corrected chi connectivity index (χ2v) is 1.67. The number of nitrogens with zero attached hydrogens (tertiary/aromatic N) is 2. The third-order valence-electron chi connectivity index (χ3n) is 1.17. The SMILES string of the molecule is CC1=NCCN1[C-]=O. The van der Waals surface area contributed by atoms with Crippen LogP contribution in [0.4, 0.5) is 0 Å². The fourth-order valence-corrected chi connectivity index (χ4v) is 0.671. The first-order valence-corrected chi connectivity index (χ1v) is 2.51. The maximum Gasteiger partial charge on any atom is 0.0728 e. The molecule has 1 amide bonds. The second kappa shape index (κ2) is 1.94. The summed E-state index contributed by atoms with van der Waals surface area (Å²) in [5.41, 5.74) is 0. The monoisotopic (exact) mass is 111 g/mol. The Bertz CT molecular complexity index is 130. The van der Waals surface area contributed by atoms with Crippen LogP contribution in [0.15, 0.2) is 4.99 Å². The van der Waals surface area contributed by atoms with E-state index in [2.05, 4.69) is 4.99 Å². The summed E-state index contributed by atoms with van der Waals surface area (Å²) in [5, 5.41) is 0. The molecule has 0 aliphatic carbocycles. The minimum atomic E-state index is 0.704. The molecule has 0 bridgehead atoms. The van der Waals surface area contributed by atoms with Crippen molar-refractivity contribution in [1.29, 1.82) is 0 Å². The van der Waals surface area contributed by atoms with E-state index in [0.29, 0.717) is 6.54 Å². The van der Waals surface area contributed by atoms with Crippen LogP contribution in [0.3, 0.4) is 0 Å². The molecule has 0 aromatic heterocycles. The lowest BCUT2D eigenvalue weighted by atomic mass is 10.6. The Morgan fingerprint density at radius 3 is 2.88 bits per heavy atom. The Labute approximate surface area is 48.0 Å². The van der Waals surface area contributed by atoms with E-state index in [1.807, 2.05) is 0 Å². The van der Waals surface area contributed by atoms with Crippen molar-refractivity contribution in [2.45, 2.75) is 6.92 Å². The first-order chi connectivity index (χ1) is 3.84. The summed E-state index contributed by atoms with van der Waals surface area (Å²) in [5.74, 6) is 0.778. The van der Waals surface area contributed by atoms with Crippen molar-refractivity contribution < 1.29 is 4.79 Å². The van der Waals surface area contributed by atoms with Gasteiger partial charge in [0.2, 0.25) is 0 Å². The second-order valence-electron chi connectivity index (χ2n) is 1.67. The van der Waals surface area contributed by atoms with Gasteiger partial charge in [-0.2, -0.15) is 0 Å². The highest BCUT2D eigenvalue weighted by atomic mass is 16.1. The molecule has 44 valence electrons. The lowest BCUT2D eigenvalue weighted by Gasteiger charge is -2.18. The van der Waals surface area contributed by atoms with Crippen LogP contribution in [0.25, 0.3) is 0 Å². The summed E-state index contributed by atoms with van der Waals surface area (Å²) in [6, 6.07) is 0. The summed E-state index contributed by atoms with van der Waals surface area (Å²) >= 11 is 0. The van der Waals surface area contributed by atoms with Gasteiger partial charge in [0.05, 0.1) is 6.41 Å². The highest BCUT2D eigenvalue weighted by Crippen LogP contribution is 1.95. The van der Waals surface area contributed by atoms with E-state index in [1.54, 1.807) is 13.3 Å². The van der Waals surface area contributed by atoms with E-state index < -0.39 is 0 Å². The zero-order valence-corrected chi connectivity index (χ0v) is 4.72. The van der Waals surface area contributed by atoms with Crippen molar-refractivity contribution in [3.63, 3.8) is 0 Å². The Kier molecular flexibility index (Phi) is 1.28. The smallest absolute Gasteiger partial charge is 0.0728 e. The summed E-state index contributed by atoms with van der Waals surface area (Å²) in [6.07, 6.45) is 1.77. The van der Waals surface area contributed by atoms with Crippen LogP contribution in [0, 0.1) is 0 Å². The maximum absolute atomic E-state index is 9.94. The molecule has 0 radical (unpaired) electrons. The molecule has 1 aliphatic rings. The molecule has 1 rings (SSSR count). The van der Waals surface area contributed by atoms with Crippen LogP contribution in [-0.2, 0) is 4.79 Å². The van der Waals surface area contributed by atoms with Gasteiger partial charge in [-0.05, 0) is 5.84 Å². The van der Waals surface area contributed by atoms with Gasteiger partial charge in [-0.15, -0.1) is 0 Å². The molecule has 0 atom stereocenters. The van der Waals surface area contributed by atoms with Gasteiger partial charge in [-0.25, -0.2) is 0 Å². The van der Waals surface area contributed by atoms with Crippen molar-refractivity contribution in [2.24, 2.45) is 4.99 Å². The van der Waals surface area contributed by atoms with Gasteiger partial charge in [-0.3, -0.25) is 0 Å². The van der Waals surface area contributed by atoms with E-state index in [1.165, 1.54) is 4.90 Å². The zero-order chi connectivity index (χ0) is 5.98. The van der Waals surface area contributed by atoms with Crippen LogP contribution >= 0.6 is 0 Å². The molecule has 1 aliphatic heterocycles. The predicted molar refractivity (Wildman–Crippen MR) is 30.4 cm³/mol. The number of rotatable bonds is 1. The van der Waals surface area contributed by atoms with Gasteiger partial charge in [-0.1, -0.05) is 6.92 Å². The third-order valence-corrected chi connectivity index (χ3v) is 1.17. The van der Waals surface area contributed by atoms with E-state index in [9.17, 15) is 4.79 Å². The van der Waals surface area contributed by atoms with Gasteiger partial charge >= 0.3 is 0 Å². The quantitative estimate of drug-likeness (QED) is 0.431. The van der Waals surface area contributed by atoms with E-state index in [-0.39, 0.29) is 0 Å². The van der Waals surface area contributed by atoms with Crippen LogP contribution in [0.5, 0.6) is 0 Å². The number of amides is 1. The lowest BCUT2D eigenvalue weighted by Crippen LogP contribution is -2.23. The van der Waals surface area contributed by atoms with Gasteiger partial charge in [0, 0.05) is 13.1 Å². The predicted octanol–water partition coefficient (Wildman–Crippen LogP) is -0.212. The Morgan fingerprint density at radius 1 is 1.88 bits per heavy atom. The lowest BCUT2D eigenvalue weighted by molar-refractivity contribution is 0.498. The molecular formula is C5H7N2O-. The van der Waals surface area contributed by atoms with Gasteiger partial charge < -0.3 is 14.7 Å². The number of amidine groups is 1. The van der Waals surface area contributed by atoms with Crippen molar-refractivity contribution in [3.8, 4) is 0 Å². The van der Waals surface area contributed by atoms with Gasteiger partial charge in [0.1, 0.15) is 0 Å². The molecule has 0 fully saturated rings. The summed E-state index contributed by atoms with van der Waals surface area (Å²) in [6.45, 7) is 3.24. The van der Waals surface area contributed by atoms with Crippen molar-refractivity contribution >= 4 is 12.2 Å². The third kappa shape index (κ3) is 0.710. The van der Waals surface area contributed by atoms with Crippen molar-refractivity contribution in [3.05, 3.63) is 0 Å². The number of carbonyl (C=O) groups excluding carboxylic acids is 1. The van der Waals surface area contributed by atoms with Crippen molar-refractivity contribution in [1.82, 2.24) is 4.90 Å². The average Bonchev–Trinajstić information content (AvgIpc) is 2.14. The summed E-state index contributed by atoms with van der Waals surface area (Å²) in [7, 11) is 0. The molecule has 0 aromatic carbocycles. The highest BCUT2D eigenvalue weighted by Gasteiger charge is 1.98. The minimum absolute atomic E-state index is 0.704. The molecule has 0 saturated carbocycles. The number of hydrogen-bond donors (Lipinski definition) is 0. The molecule has 0 aromatic rings. The number of aliphatic imine (C=N–C) groups is 1. The van der Waals surface area contributed by atoms with Crippen LogP contribution < -0.4 is 0 Å². The first kappa shape index (κ1) is 5.28. The topological polar surface area (TPSA) is 32.7 Å². The van der Waals surface area contributed by atoms with E-state index >= 15 is 0 Å². The van der Waals surface area contributed by atoms with E-state index in [4.69, 9.17) is 0 Å². The van der Waals surface area contributed by atoms with Gasteiger partial charge in [0.15, 0.2) is 0 Å². The average molecular weight is 111 g/mol.